The fourth-order valence-electron chi connectivity index (χ4n) is 0.775. The van der Waals surface area contributed by atoms with E-state index in [-0.39, 0.29) is 23.4 Å². The van der Waals surface area contributed by atoms with Crippen molar-refractivity contribution in [3.05, 3.63) is 0 Å². The summed E-state index contributed by atoms with van der Waals surface area (Å²) in [6.07, 6.45) is 0. The summed E-state index contributed by atoms with van der Waals surface area (Å²) in [4.78, 5) is 12.5. The average Bonchev–Trinajstić information content (AvgIpc) is 2.14. The minimum absolute atomic E-state index is 0.0460. The highest BCUT2D eigenvalue weighted by atomic mass is 79.9. The summed E-state index contributed by atoms with van der Waals surface area (Å²) in [5.41, 5.74) is 0. The summed E-state index contributed by atoms with van der Waals surface area (Å²) >= 11 is 3.20. The summed E-state index contributed by atoms with van der Waals surface area (Å²) in [7, 11) is 3.20. The summed E-state index contributed by atoms with van der Waals surface area (Å²) < 4.78 is 4.55. The quantitative estimate of drug-likeness (QED) is 0.564. The molecule has 0 aromatic rings. The number of hydrogen-bond acceptors (Lipinski definition) is 4. The first kappa shape index (κ1) is 12.9. The summed E-state index contributed by atoms with van der Waals surface area (Å²) in [6, 6.07) is 0.0460. The van der Waals surface area contributed by atoms with Gasteiger partial charge in [-0.15, -0.1) is 0 Å². The van der Waals surface area contributed by atoms with Gasteiger partial charge in [-0.2, -0.15) is 0 Å². The molecule has 2 unspecified atom stereocenters. The second-order valence-electron chi connectivity index (χ2n) is 2.96. The fraction of sp³-hybridized carbons (Fsp3) is 0.875. The van der Waals surface area contributed by atoms with Gasteiger partial charge >= 0.3 is 5.97 Å². The van der Waals surface area contributed by atoms with Crippen LogP contribution >= 0.6 is 15.9 Å². The lowest BCUT2D eigenvalue weighted by Crippen LogP contribution is -2.38. The van der Waals surface area contributed by atoms with Crippen LogP contribution in [-0.4, -0.2) is 54.2 Å². The van der Waals surface area contributed by atoms with E-state index in [4.69, 9.17) is 5.11 Å². The number of alkyl halides is 1. The predicted octanol–water partition coefficient (Wildman–Crippen LogP) is 0.235. The van der Waals surface area contributed by atoms with Crippen molar-refractivity contribution in [1.82, 2.24) is 4.90 Å². The lowest BCUT2D eigenvalue weighted by atomic mass is 10.3. The largest absolute Gasteiger partial charge is 0.468 e. The van der Waals surface area contributed by atoms with Crippen molar-refractivity contribution >= 4 is 21.9 Å². The number of nitrogens with zero attached hydrogens (tertiary/aromatic N) is 1. The van der Waals surface area contributed by atoms with E-state index < -0.39 is 0 Å². The Labute approximate surface area is 87.0 Å². The Kier molecular flexibility index (Phi) is 6.28. The molecule has 2 atom stereocenters. The molecule has 0 fully saturated rings. The smallest absolute Gasteiger partial charge is 0.320 e. The summed E-state index contributed by atoms with van der Waals surface area (Å²) in [5, 5.41) is 8.84. The molecule has 78 valence electrons. The lowest BCUT2D eigenvalue weighted by molar-refractivity contribution is -0.140. The van der Waals surface area contributed by atoms with Crippen LogP contribution in [0, 0.1) is 0 Å². The molecule has 1 N–H and O–H groups in total. The molecule has 13 heavy (non-hydrogen) atoms. The molecular formula is C8H16BrNO3. The molecule has 0 radical (unpaired) electrons. The number of aliphatic hydroxyl groups excluding tert-OH is 1. The Hall–Kier alpha value is -0.130. The SMILES string of the molecule is COC(=O)C(Br)CN(C)C(C)CO. The molecule has 0 saturated heterocycles. The molecule has 0 saturated carbocycles. The number of esters is 1. The minimum Gasteiger partial charge on any atom is -0.468 e. The van der Waals surface area contributed by atoms with Crippen LogP contribution in [0.25, 0.3) is 0 Å². The molecule has 0 rings (SSSR count). The van der Waals surface area contributed by atoms with Gasteiger partial charge in [0.25, 0.3) is 0 Å². The number of carbonyl (C=O) groups excluding carboxylic acids is 1. The molecule has 0 heterocycles. The van der Waals surface area contributed by atoms with E-state index in [1.165, 1.54) is 7.11 Å². The van der Waals surface area contributed by atoms with Gasteiger partial charge < -0.3 is 9.84 Å². The second kappa shape index (κ2) is 6.34. The summed E-state index contributed by atoms with van der Waals surface area (Å²) in [6.45, 7) is 2.49. The zero-order valence-corrected chi connectivity index (χ0v) is 9.74. The van der Waals surface area contributed by atoms with Crippen molar-refractivity contribution in [2.45, 2.75) is 17.8 Å². The maximum atomic E-state index is 11.0. The van der Waals surface area contributed by atoms with Crippen LogP contribution < -0.4 is 0 Å². The number of likely N-dealkylation sites (N-methyl/N-ethyl adjacent to an activating group) is 1. The number of ether oxygens (including phenoxy) is 1. The number of carbonyl (C=O) groups is 1. The molecule has 5 heteroatoms. The Bertz CT molecular complexity index is 165. The van der Waals surface area contributed by atoms with Gasteiger partial charge in [-0.05, 0) is 14.0 Å². The molecule has 0 bridgehead atoms. The van der Waals surface area contributed by atoms with Crippen molar-refractivity contribution in [2.24, 2.45) is 0 Å². The number of halogens is 1. The first-order valence-corrected chi connectivity index (χ1v) is 4.97. The first-order valence-electron chi connectivity index (χ1n) is 4.06. The topological polar surface area (TPSA) is 49.8 Å². The summed E-state index contributed by atoms with van der Waals surface area (Å²) in [5.74, 6) is -0.294. The third-order valence-electron chi connectivity index (χ3n) is 1.92. The minimum atomic E-state index is -0.337. The van der Waals surface area contributed by atoms with Gasteiger partial charge in [-0.1, -0.05) is 15.9 Å². The van der Waals surface area contributed by atoms with E-state index >= 15 is 0 Å². The molecule has 0 aliphatic carbocycles. The van der Waals surface area contributed by atoms with Crippen LogP contribution in [0.5, 0.6) is 0 Å². The highest BCUT2D eigenvalue weighted by Gasteiger charge is 2.19. The number of aliphatic hydroxyl groups is 1. The van der Waals surface area contributed by atoms with Crippen molar-refractivity contribution in [3.63, 3.8) is 0 Å². The van der Waals surface area contributed by atoms with Crippen LogP contribution in [0.4, 0.5) is 0 Å². The molecule has 0 aromatic carbocycles. The number of methoxy groups -OCH3 is 1. The number of hydrogen-bond donors (Lipinski definition) is 1. The third-order valence-corrected chi connectivity index (χ3v) is 2.59. The third kappa shape index (κ3) is 4.59. The van der Waals surface area contributed by atoms with Crippen molar-refractivity contribution in [1.29, 1.82) is 0 Å². The monoisotopic (exact) mass is 253 g/mol. The van der Waals surface area contributed by atoms with E-state index in [0.717, 1.165) is 0 Å². The molecule has 0 aliphatic rings. The van der Waals surface area contributed by atoms with Crippen molar-refractivity contribution in [3.8, 4) is 0 Å². The number of rotatable bonds is 5. The van der Waals surface area contributed by atoms with E-state index in [2.05, 4.69) is 20.7 Å². The maximum Gasteiger partial charge on any atom is 0.320 e. The zero-order valence-electron chi connectivity index (χ0n) is 8.16. The normalized spacial score (nSPS) is 15.5. The Morgan fingerprint density at radius 1 is 1.69 bits per heavy atom. The molecule has 0 amide bonds. The van der Waals surface area contributed by atoms with Crippen LogP contribution in [0.3, 0.4) is 0 Å². The van der Waals surface area contributed by atoms with E-state index in [1.54, 1.807) is 0 Å². The van der Waals surface area contributed by atoms with E-state index in [9.17, 15) is 4.79 Å². The molecular weight excluding hydrogens is 238 g/mol. The molecule has 0 aromatic heterocycles. The van der Waals surface area contributed by atoms with Gasteiger partial charge in [0.1, 0.15) is 4.83 Å². The molecule has 4 nitrogen and oxygen atoms in total. The van der Waals surface area contributed by atoms with Gasteiger partial charge in [0.05, 0.1) is 13.7 Å². The van der Waals surface area contributed by atoms with Gasteiger partial charge in [-0.25, -0.2) is 0 Å². The van der Waals surface area contributed by atoms with Crippen LogP contribution in [0.15, 0.2) is 0 Å². The average molecular weight is 254 g/mol. The first-order chi connectivity index (χ1) is 6.02. The Morgan fingerprint density at radius 3 is 2.62 bits per heavy atom. The Morgan fingerprint density at radius 2 is 2.23 bits per heavy atom. The molecule has 0 aliphatic heterocycles. The van der Waals surface area contributed by atoms with Crippen LogP contribution in [0.2, 0.25) is 0 Å². The van der Waals surface area contributed by atoms with Crippen molar-refractivity contribution in [2.75, 3.05) is 27.3 Å². The Balaban J connectivity index is 3.90. The predicted molar refractivity (Wildman–Crippen MR) is 53.9 cm³/mol. The van der Waals surface area contributed by atoms with Gasteiger partial charge in [0.15, 0.2) is 0 Å². The van der Waals surface area contributed by atoms with Crippen LogP contribution in [0.1, 0.15) is 6.92 Å². The highest BCUT2D eigenvalue weighted by molar-refractivity contribution is 9.10. The highest BCUT2D eigenvalue weighted by Crippen LogP contribution is 2.06. The molecule has 0 spiro atoms. The lowest BCUT2D eigenvalue weighted by Gasteiger charge is -2.24. The van der Waals surface area contributed by atoms with Gasteiger partial charge in [0.2, 0.25) is 0 Å². The van der Waals surface area contributed by atoms with Gasteiger partial charge in [0, 0.05) is 12.6 Å². The van der Waals surface area contributed by atoms with E-state index in [1.807, 2.05) is 18.9 Å². The van der Waals surface area contributed by atoms with Gasteiger partial charge in [-0.3, -0.25) is 9.69 Å². The van der Waals surface area contributed by atoms with E-state index in [0.29, 0.717) is 6.54 Å². The second-order valence-corrected chi connectivity index (χ2v) is 4.07. The maximum absolute atomic E-state index is 11.0. The van der Waals surface area contributed by atoms with Crippen LogP contribution in [-0.2, 0) is 9.53 Å². The van der Waals surface area contributed by atoms with Crippen molar-refractivity contribution < 1.29 is 14.6 Å². The fourth-order valence-corrected chi connectivity index (χ4v) is 1.42. The standard InChI is InChI=1S/C8H16BrNO3/c1-6(5-11)10(2)4-7(9)8(12)13-3/h6-7,11H,4-5H2,1-3H3. The zero-order chi connectivity index (χ0) is 10.4.